The molecule has 1 aliphatic rings. The molecule has 0 bridgehead atoms. The van der Waals surface area contributed by atoms with Gasteiger partial charge in [-0.1, -0.05) is 0 Å². The number of esters is 1. The van der Waals surface area contributed by atoms with Crippen LogP contribution in [0.15, 0.2) is 0 Å². The third-order valence-electron chi connectivity index (χ3n) is 1.67. The van der Waals surface area contributed by atoms with Gasteiger partial charge in [-0.3, -0.25) is 4.79 Å². The summed E-state index contributed by atoms with van der Waals surface area (Å²) < 4.78 is 5.10. The lowest BCUT2D eigenvalue weighted by molar-refractivity contribution is -0.156. The topological polar surface area (TPSA) is 50.1 Å². The quantitative estimate of drug-likeness (QED) is 0.556. The second-order valence-electron chi connectivity index (χ2n) is 4.11. The predicted molar refractivity (Wildman–Crippen MR) is 43.1 cm³/mol. The van der Waals surface area contributed by atoms with E-state index in [0.29, 0.717) is 6.42 Å². The number of hydrogen-bond acceptors (Lipinski definition) is 3. The molecule has 0 heterocycles. The molecule has 0 unspecified atom stereocenters. The van der Waals surface area contributed by atoms with Crippen LogP contribution in [-0.2, 0) is 9.53 Å². The second-order valence-corrected chi connectivity index (χ2v) is 4.11. The zero-order valence-electron chi connectivity index (χ0n) is 7.63. The van der Waals surface area contributed by atoms with Crippen molar-refractivity contribution in [2.75, 3.05) is 0 Å². The molecule has 0 aliphatic heterocycles. The van der Waals surface area contributed by atoms with Crippen molar-refractivity contribution >= 4 is 5.97 Å². The number of hydrogen-bond donors (Lipinski definition) is 0. The molecule has 0 aromatic heterocycles. The monoisotopic (exact) mass is 167 g/mol. The van der Waals surface area contributed by atoms with Gasteiger partial charge in [-0.05, 0) is 27.2 Å². The first kappa shape index (κ1) is 9.05. The van der Waals surface area contributed by atoms with Crippen LogP contribution in [0.3, 0.4) is 0 Å². The molecule has 12 heavy (non-hydrogen) atoms. The van der Waals surface area contributed by atoms with Gasteiger partial charge in [0, 0.05) is 0 Å². The average molecular weight is 167 g/mol. The predicted octanol–water partition coefficient (Wildman–Crippen LogP) is 1.49. The third kappa shape index (κ3) is 2.23. The van der Waals surface area contributed by atoms with Crippen LogP contribution in [0.2, 0.25) is 0 Å². The summed E-state index contributed by atoms with van der Waals surface area (Å²) in [5.41, 5.74) is -0.431. The minimum Gasteiger partial charge on any atom is -0.460 e. The van der Waals surface area contributed by atoms with Crippen LogP contribution in [-0.4, -0.2) is 11.6 Å². The summed E-state index contributed by atoms with van der Waals surface area (Å²) in [6.45, 7) is 5.48. The molecule has 3 heteroatoms. The Morgan fingerprint density at radius 3 is 2.50 bits per heavy atom. The van der Waals surface area contributed by atoms with Gasteiger partial charge >= 0.3 is 5.97 Å². The summed E-state index contributed by atoms with van der Waals surface area (Å²) in [6.07, 6.45) is 0.672. The van der Waals surface area contributed by atoms with Crippen LogP contribution in [0.5, 0.6) is 0 Å². The maximum atomic E-state index is 11.2. The van der Waals surface area contributed by atoms with Gasteiger partial charge in [0.15, 0.2) is 0 Å². The Hall–Kier alpha value is -1.04. The van der Waals surface area contributed by atoms with Gasteiger partial charge in [-0.15, -0.1) is 0 Å². The van der Waals surface area contributed by atoms with Crippen LogP contribution in [0.25, 0.3) is 0 Å². The molecule has 0 saturated heterocycles. The highest BCUT2D eigenvalue weighted by Crippen LogP contribution is 2.39. The number of rotatable bonds is 1. The van der Waals surface area contributed by atoms with Gasteiger partial charge in [-0.25, -0.2) is 0 Å². The SMILES string of the molecule is CC(C)(C)OC(=O)[C@@H]1C[C@@H]1C#N. The van der Waals surface area contributed by atoms with Crippen LogP contribution < -0.4 is 0 Å². The first-order valence-corrected chi connectivity index (χ1v) is 4.06. The molecule has 1 fully saturated rings. The Bertz CT molecular complexity index is 234. The number of carbonyl (C=O) groups excluding carboxylic acids is 1. The van der Waals surface area contributed by atoms with Crippen molar-refractivity contribution in [3.05, 3.63) is 0 Å². The fourth-order valence-corrected chi connectivity index (χ4v) is 0.976. The van der Waals surface area contributed by atoms with E-state index >= 15 is 0 Å². The second kappa shape index (κ2) is 2.78. The van der Waals surface area contributed by atoms with Gasteiger partial charge in [0.25, 0.3) is 0 Å². The smallest absolute Gasteiger partial charge is 0.310 e. The molecule has 66 valence electrons. The largest absolute Gasteiger partial charge is 0.460 e. The van der Waals surface area contributed by atoms with Crippen LogP contribution >= 0.6 is 0 Å². The molecule has 0 N–H and O–H groups in total. The summed E-state index contributed by atoms with van der Waals surface area (Å²) in [7, 11) is 0. The van der Waals surface area contributed by atoms with Gasteiger partial charge in [0.1, 0.15) is 5.60 Å². The zero-order chi connectivity index (χ0) is 9.35. The highest BCUT2D eigenvalue weighted by molar-refractivity contribution is 5.76. The summed E-state index contributed by atoms with van der Waals surface area (Å²) in [6, 6.07) is 2.05. The summed E-state index contributed by atoms with van der Waals surface area (Å²) in [5.74, 6) is -0.483. The fourth-order valence-electron chi connectivity index (χ4n) is 0.976. The van der Waals surface area contributed by atoms with E-state index in [-0.39, 0.29) is 17.8 Å². The Balaban J connectivity index is 2.38. The van der Waals surface area contributed by atoms with E-state index in [4.69, 9.17) is 10.00 Å². The van der Waals surface area contributed by atoms with Crippen molar-refractivity contribution in [3.63, 3.8) is 0 Å². The normalized spacial score (nSPS) is 27.5. The van der Waals surface area contributed by atoms with E-state index in [1.807, 2.05) is 20.8 Å². The standard InChI is InChI=1S/C9H13NO2/c1-9(2,3)12-8(11)7-4-6(7)5-10/h6-7H,4H2,1-3H3/t6-,7-/m1/s1. The molecule has 1 saturated carbocycles. The maximum Gasteiger partial charge on any atom is 0.310 e. The molecule has 0 radical (unpaired) electrons. The van der Waals surface area contributed by atoms with E-state index in [1.165, 1.54) is 0 Å². The van der Waals surface area contributed by atoms with Crippen molar-refractivity contribution in [2.45, 2.75) is 32.8 Å². The highest BCUT2D eigenvalue weighted by Gasteiger charge is 2.45. The van der Waals surface area contributed by atoms with Gasteiger partial charge < -0.3 is 4.74 Å². The van der Waals surface area contributed by atoms with Crippen molar-refractivity contribution in [2.24, 2.45) is 11.8 Å². The molecular formula is C9H13NO2. The molecule has 2 atom stereocenters. The molecule has 3 nitrogen and oxygen atoms in total. The first-order valence-electron chi connectivity index (χ1n) is 4.06. The molecule has 0 aromatic carbocycles. The Kier molecular flexibility index (Phi) is 2.10. The number of nitriles is 1. The molecule has 0 spiro atoms. The van der Waals surface area contributed by atoms with Crippen molar-refractivity contribution in [1.82, 2.24) is 0 Å². The summed E-state index contributed by atoms with van der Waals surface area (Å²) in [5, 5.41) is 8.47. The van der Waals surface area contributed by atoms with E-state index in [2.05, 4.69) is 6.07 Å². The number of carbonyl (C=O) groups is 1. The third-order valence-corrected chi connectivity index (χ3v) is 1.67. The molecule has 0 amide bonds. The van der Waals surface area contributed by atoms with Crippen LogP contribution in [0, 0.1) is 23.2 Å². The Morgan fingerprint density at radius 1 is 1.58 bits per heavy atom. The maximum absolute atomic E-state index is 11.2. The zero-order valence-corrected chi connectivity index (χ0v) is 7.63. The Morgan fingerprint density at radius 2 is 2.17 bits per heavy atom. The van der Waals surface area contributed by atoms with E-state index in [9.17, 15) is 4.79 Å². The highest BCUT2D eigenvalue weighted by atomic mass is 16.6. The lowest BCUT2D eigenvalue weighted by atomic mass is 10.2. The minimum atomic E-state index is -0.431. The number of nitrogens with zero attached hydrogens (tertiary/aromatic N) is 1. The summed E-state index contributed by atoms with van der Waals surface area (Å²) >= 11 is 0. The van der Waals surface area contributed by atoms with Crippen molar-refractivity contribution < 1.29 is 9.53 Å². The van der Waals surface area contributed by atoms with Crippen LogP contribution in [0.1, 0.15) is 27.2 Å². The van der Waals surface area contributed by atoms with E-state index in [0.717, 1.165) is 0 Å². The number of ether oxygens (including phenoxy) is 1. The molecule has 1 aliphatic carbocycles. The van der Waals surface area contributed by atoms with Gasteiger partial charge in [0.2, 0.25) is 0 Å². The molecule has 1 rings (SSSR count). The summed E-state index contributed by atoms with van der Waals surface area (Å²) in [4.78, 5) is 11.2. The van der Waals surface area contributed by atoms with Crippen molar-refractivity contribution in [1.29, 1.82) is 5.26 Å². The van der Waals surface area contributed by atoms with Crippen molar-refractivity contribution in [3.8, 4) is 6.07 Å². The van der Waals surface area contributed by atoms with Gasteiger partial charge in [-0.2, -0.15) is 5.26 Å². The fraction of sp³-hybridized carbons (Fsp3) is 0.778. The van der Waals surface area contributed by atoms with Crippen LogP contribution in [0.4, 0.5) is 0 Å². The molecule has 0 aromatic rings. The van der Waals surface area contributed by atoms with Gasteiger partial charge in [0.05, 0.1) is 17.9 Å². The first-order chi connectivity index (χ1) is 5.44. The van der Waals surface area contributed by atoms with E-state index in [1.54, 1.807) is 0 Å². The lowest BCUT2D eigenvalue weighted by Gasteiger charge is -2.19. The molecular weight excluding hydrogens is 154 g/mol. The lowest BCUT2D eigenvalue weighted by Crippen LogP contribution is -2.25. The average Bonchev–Trinajstić information content (AvgIpc) is 2.60. The Labute approximate surface area is 72.3 Å². The minimum absolute atomic E-state index is 0.0974. The van der Waals surface area contributed by atoms with E-state index < -0.39 is 5.60 Å².